The van der Waals surface area contributed by atoms with E-state index in [2.05, 4.69) is 32.4 Å². The Morgan fingerprint density at radius 1 is 1.50 bits per heavy atom. The average Bonchev–Trinajstić information content (AvgIpc) is 2.32. The molecule has 1 aromatic carbocycles. The quantitative estimate of drug-likeness (QED) is 0.620. The summed E-state index contributed by atoms with van der Waals surface area (Å²) in [6.07, 6.45) is 1.52. The topological polar surface area (TPSA) is 74.7 Å². The third-order valence-corrected chi connectivity index (χ3v) is 3.10. The lowest BCUT2D eigenvalue weighted by atomic mass is 10.1. The molecule has 0 amide bonds. The number of benzene rings is 1. The van der Waals surface area contributed by atoms with Gasteiger partial charge in [0.25, 0.3) is 0 Å². The first-order valence-corrected chi connectivity index (χ1v) is 5.43. The number of halogens is 1. The molecular weight excluding hydrogens is 268 g/mol. The van der Waals surface area contributed by atoms with Crippen molar-refractivity contribution in [3.05, 3.63) is 33.9 Å². The molecule has 0 bridgehead atoms. The van der Waals surface area contributed by atoms with E-state index in [1.54, 1.807) is 0 Å². The molecule has 0 aliphatic heterocycles. The van der Waals surface area contributed by atoms with Crippen LogP contribution in [0.15, 0.2) is 22.8 Å². The lowest BCUT2D eigenvalue weighted by Gasteiger charge is -2.10. The van der Waals surface area contributed by atoms with Crippen LogP contribution in [0, 0.1) is 18.3 Å². The van der Waals surface area contributed by atoms with Crippen molar-refractivity contribution in [2.45, 2.75) is 6.92 Å². The SMILES string of the molecule is Cc1ccc(Br)c2c(NN)c(C#N)cnc12. The Morgan fingerprint density at radius 3 is 2.88 bits per heavy atom. The van der Waals surface area contributed by atoms with E-state index >= 15 is 0 Å². The van der Waals surface area contributed by atoms with E-state index in [-0.39, 0.29) is 0 Å². The van der Waals surface area contributed by atoms with Crippen molar-refractivity contribution in [2.75, 3.05) is 5.43 Å². The number of aromatic nitrogens is 1. The number of nitrogens with one attached hydrogen (secondary N) is 1. The average molecular weight is 277 g/mol. The van der Waals surface area contributed by atoms with Crippen LogP contribution in [0.25, 0.3) is 10.9 Å². The summed E-state index contributed by atoms with van der Waals surface area (Å²) in [5, 5.41) is 9.80. The second-order valence-electron chi connectivity index (χ2n) is 3.39. The minimum Gasteiger partial charge on any atom is -0.322 e. The summed E-state index contributed by atoms with van der Waals surface area (Å²) in [7, 11) is 0. The van der Waals surface area contributed by atoms with E-state index in [0.717, 1.165) is 20.9 Å². The van der Waals surface area contributed by atoms with Gasteiger partial charge in [0.15, 0.2) is 0 Å². The van der Waals surface area contributed by atoms with Crippen LogP contribution < -0.4 is 11.3 Å². The molecule has 0 saturated heterocycles. The smallest absolute Gasteiger partial charge is 0.103 e. The minimum atomic E-state index is 0.432. The summed E-state index contributed by atoms with van der Waals surface area (Å²) >= 11 is 3.44. The van der Waals surface area contributed by atoms with Crippen molar-refractivity contribution in [2.24, 2.45) is 5.84 Å². The monoisotopic (exact) mass is 276 g/mol. The predicted octanol–water partition coefficient (Wildman–Crippen LogP) is 2.46. The number of rotatable bonds is 1. The molecule has 4 nitrogen and oxygen atoms in total. The maximum Gasteiger partial charge on any atom is 0.103 e. The lowest BCUT2D eigenvalue weighted by Crippen LogP contribution is -2.09. The van der Waals surface area contributed by atoms with Crippen LogP contribution in [0.3, 0.4) is 0 Å². The number of hydrogen-bond acceptors (Lipinski definition) is 4. The first kappa shape index (κ1) is 10.9. The number of aryl methyl sites for hydroxylation is 1. The summed E-state index contributed by atoms with van der Waals surface area (Å²) in [6.45, 7) is 1.97. The van der Waals surface area contributed by atoms with Gasteiger partial charge in [-0.05, 0) is 18.6 Å². The normalized spacial score (nSPS) is 10.1. The van der Waals surface area contributed by atoms with Crippen molar-refractivity contribution in [1.82, 2.24) is 4.98 Å². The Kier molecular flexibility index (Phi) is 2.77. The number of nitrogens with two attached hydrogens (primary N) is 1. The molecule has 16 heavy (non-hydrogen) atoms. The van der Waals surface area contributed by atoms with Gasteiger partial charge in [0.1, 0.15) is 6.07 Å². The second kappa shape index (κ2) is 4.08. The number of fused-ring (bicyclic) bond motifs is 1. The fraction of sp³-hybridized carbons (Fsp3) is 0.0909. The maximum absolute atomic E-state index is 8.97. The van der Waals surface area contributed by atoms with E-state index in [0.29, 0.717) is 11.3 Å². The van der Waals surface area contributed by atoms with Gasteiger partial charge < -0.3 is 5.43 Å². The molecule has 5 heteroatoms. The van der Waals surface area contributed by atoms with Gasteiger partial charge >= 0.3 is 0 Å². The van der Waals surface area contributed by atoms with Crippen molar-refractivity contribution in [1.29, 1.82) is 5.26 Å². The number of hydrogen-bond donors (Lipinski definition) is 2. The van der Waals surface area contributed by atoms with Crippen molar-refractivity contribution < 1.29 is 0 Å². The molecule has 0 saturated carbocycles. The zero-order valence-corrected chi connectivity index (χ0v) is 10.2. The Bertz CT molecular complexity index is 601. The number of nitrogens with zero attached hydrogens (tertiary/aromatic N) is 2. The largest absolute Gasteiger partial charge is 0.322 e. The van der Waals surface area contributed by atoms with Gasteiger partial charge in [0, 0.05) is 16.1 Å². The molecule has 3 N–H and O–H groups in total. The van der Waals surface area contributed by atoms with Gasteiger partial charge in [-0.1, -0.05) is 22.0 Å². The zero-order valence-electron chi connectivity index (χ0n) is 8.58. The second-order valence-corrected chi connectivity index (χ2v) is 4.25. The molecule has 0 unspecified atom stereocenters. The Hall–Kier alpha value is -1.64. The van der Waals surface area contributed by atoms with Crippen LogP contribution in [0.1, 0.15) is 11.1 Å². The van der Waals surface area contributed by atoms with E-state index < -0.39 is 0 Å². The van der Waals surface area contributed by atoms with Gasteiger partial charge in [-0.2, -0.15) is 5.26 Å². The van der Waals surface area contributed by atoms with Crippen LogP contribution in [0.5, 0.6) is 0 Å². The first-order chi connectivity index (χ1) is 7.69. The van der Waals surface area contributed by atoms with E-state index in [4.69, 9.17) is 11.1 Å². The zero-order chi connectivity index (χ0) is 11.7. The fourth-order valence-electron chi connectivity index (χ4n) is 1.64. The van der Waals surface area contributed by atoms with Gasteiger partial charge in [0.2, 0.25) is 0 Å². The van der Waals surface area contributed by atoms with Crippen LogP contribution in [0.4, 0.5) is 5.69 Å². The Labute approximate surface area is 101 Å². The van der Waals surface area contributed by atoms with Gasteiger partial charge in [-0.15, -0.1) is 0 Å². The van der Waals surface area contributed by atoms with Crippen LogP contribution in [-0.4, -0.2) is 4.98 Å². The lowest BCUT2D eigenvalue weighted by molar-refractivity contribution is 1.29. The molecule has 0 spiro atoms. The highest BCUT2D eigenvalue weighted by Gasteiger charge is 2.11. The predicted molar refractivity (Wildman–Crippen MR) is 66.7 cm³/mol. The highest BCUT2D eigenvalue weighted by atomic mass is 79.9. The Balaban J connectivity index is 2.98. The van der Waals surface area contributed by atoms with Crippen LogP contribution in [0.2, 0.25) is 0 Å². The minimum absolute atomic E-state index is 0.432. The number of pyridine rings is 1. The van der Waals surface area contributed by atoms with E-state index in [1.807, 2.05) is 19.1 Å². The van der Waals surface area contributed by atoms with Crippen LogP contribution in [-0.2, 0) is 0 Å². The number of nitriles is 1. The first-order valence-electron chi connectivity index (χ1n) is 4.63. The third kappa shape index (κ3) is 1.52. The molecule has 0 fully saturated rings. The highest BCUT2D eigenvalue weighted by Crippen LogP contribution is 2.32. The Morgan fingerprint density at radius 2 is 2.25 bits per heavy atom. The molecule has 0 aliphatic carbocycles. The molecule has 2 rings (SSSR count). The van der Waals surface area contributed by atoms with Gasteiger partial charge in [-0.25, -0.2) is 0 Å². The molecule has 0 atom stereocenters. The third-order valence-electron chi connectivity index (χ3n) is 2.44. The fourth-order valence-corrected chi connectivity index (χ4v) is 2.16. The van der Waals surface area contributed by atoms with Gasteiger partial charge in [0.05, 0.1) is 16.8 Å². The van der Waals surface area contributed by atoms with Crippen molar-refractivity contribution in [3.63, 3.8) is 0 Å². The summed E-state index contributed by atoms with van der Waals surface area (Å²) in [6, 6.07) is 5.94. The summed E-state index contributed by atoms with van der Waals surface area (Å²) in [5.41, 5.74) is 5.47. The highest BCUT2D eigenvalue weighted by molar-refractivity contribution is 9.10. The number of anilines is 1. The molecular formula is C11H9BrN4. The molecule has 0 radical (unpaired) electrons. The number of nitrogen functional groups attached to an aromatic ring is 1. The standard InChI is InChI=1S/C11H9BrN4/c1-6-2-3-8(12)9-10(6)15-5-7(4-13)11(9)16-14/h2-3,5H,14H2,1H3,(H,15,16). The van der Waals surface area contributed by atoms with Crippen molar-refractivity contribution in [3.8, 4) is 6.07 Å². The van der Waals surface area contributed by atoms with Crippen LogP contribution >= 0.6 is 15.9 Å². The maximum atomic E-state index is 8.97. The summed E-state index contributed by atoms with van der Waals surface area (Å²) in [4.78, 5) is 4.27. The van der Waals surface area contributed by atoms with E-state index in [1.165, 1.54) is 6.20 Å². The molecule has 1 aromatic heterocycles. The number of hydrazine groups is 1. The molecule has 80 valence electrons. The van der Waals surface area contributed by atoms with Crippen molar-refractivity contribution >= 4 is 32.5 Å². The molecule has 2 aromatic rings. The molecule has 1 heterocycles. The molecule has 0 aliphatic rings. The summed E-state index contributed by atoms with van der Waals surface area (Å²) in [5.74, 6) is 5.46. The summed E-state index contributed by atoms with van der Waals surface area (Å²) < 4.78 is 0.866. The van der Waals surface area contributed by atoms with Gasteiger partial charge in [-0.3, -0.25) is 10.8 Å². The van der Waals surface area contributed by atoms with E-state index in [9.17, 15) is 0 Å².